The Balaban J connectivity index is 2.10. The number of nitriles is 1. The van der Waals surface area contributed by atoms with E-state index in [9.17, 15) is 20.0 Å². The van der Waals surface area contributed by atoms with Crippen LogP contribution in [0.5, 0.6) is 0 Å². The molecule has 4 rings (SSSR count). The molecule has 1 unspecified atom stereocenters. The number of benzene rings is 1. The molecule has 1 aromatic carbocycles. The molecule has 3 heterocycles. The summed E-state index contributed by atoms with van der Waals surface area (Å²) in [5.41, 5.74) is 1.43. The van der Waals surface area contributed by atoms with E-state index in [1.807, 2.05) is 16.7 Å². The lowest BCUT2D eigenvalue weighted by Crippen LogP contribution is -2.32. The highest BCUT2D eigenvalue weighted by Gasteiger charge is 2.36. The Hall–Kier alpha value is -3.33. The third-order valence-corrected chi connectivity index (χ3v) is 5.21. The molecule has 0 aliphatic carbocycles. The minimum Gasteiger partial charge on any atom is -0.477 e. The summed E-state index contributed by atoms with van der Waals surface area (Å²) in [5, 5.41) is 19.6. The molecule has 1 atom stereocenters. The van der Waals surface area contributed by atoms with Crippen LogP contribution in [0.3, 0.4) is 0 Å². The number of para-hydroxylation sites is 1. The molecule has 3 aromatic rings. The van der Waals surface area contributed by atoms with Crippen molar-refractivity contribution in [3.05, 3.63) is 57.4 Å². The lowest BCUT2D eigenvalue weighted by Gasteiger charge is -2.37. The number of nitrogens with zero attached hydrogens (tertiary/aromatic N) is 2. The monoisotopic (exact) mass is 362 g/mol. The number of pyridine rings is 1. The zero-order valence-electron chi connectivity index (χ0n) is 15.2. The van der Waals surface area contributed by atoms with Crippen molar-refractivity contribution >= 4 is 16.9 Å². The van der Waals surface area contributed by atoms with Crippen molar-refractivity contribution in [2.45, 2.75) is 33.2 Å². The summed E-state index contributed by atoms with van der Waals surface area (Å²) in [6.07, 6.45) is 2.03. The van der Waals surface area contributed by atoms with Gasteiger partial charge < -0.3 is 14.1 Å². The SMILES string of the molecule is CC(C)(C)C1Cc2c(oc3c(C#N)cccc23)-c2cc(=O)c(C(=O)O)cn21. The average Bonchev–Trinajstić information content (AvgIpc) is 2.98. The smallest absolute Gasteiger partial charge is 0.341 e. The van der Waals surface area contributed by atoms with Crippen molar-refractivity contribution in [3.8, 4) is 17.5 Å². The fraction of sp³-hybridized carbons (Fsp3) is 0.286. The Kier molecular flexibility index (Phi) is 3.54. The fourth-order valence-electron chi connectivity index (χ4n) is 3.83. The molecule has 0 fully saturated rings. The number of carboxylic acids is 1. The van der Waals surface area contributed by atoms with E-state index in [0.29, 0.717) is 29.0 Å². The number of furan rings is 1. The van der Waals surface area contributed by atoms with Gasteiger partial charge in [-0.25, -0.2) is 4.79 Å². The van der Waals surface area contributed by atoms with Gasteiger partial charge in [-0.1, -0.05) is 32.9 Å². The molecule has 0 amide bonds. The third-order valence-electron chi connectivity index (χ3n) is 5.21. The van der Waals surface area contributed by atoms with Gasteiger partial charge in [-0.05, 0) is 17.9 Å². The second kappa shape index (κ2) is 5.58. The highest BCUT2D eigenvalue weighted by Crippen LogP contribution is 2.46. The van der Waals surface area contributed by atoms with Gasteiger partial charge >= 0.3 is 5.97 Å². The lowest BCUT2D eigenvalue weighted by molar-refractivity contribution is 0.0693. The van der Waals surface area contributed by atoms with Crippen molar-refractivity contribution in [2.75, 3.05) is 0 Å². The van der Waals surface area contributed by atoms with Gasteiger partial charge in [0.25, 0.3) is 0 Å². The molecule has 1 aliphatic rings. The number of hydrogen-bond acceptors (Lipinski definition) is 4. The molecule has 0 saturated carbocycles. The topological polar surface area (TPSA) is 96.2 Å². The number of aromatic nitrogens is 1. The normalized spacial score (nSPS) is 15.9. The van der Waals surface area contributed by atoms with E-state index in [0.717, 1.165) is 10.9 Å². The van der Waals surface area contributed by atoms with Crippen LogP contribution in [0, 0.1) is 16.7 Å². The summed E-state index contributed by atoms with van der Waals surface area (Å²) < 4.78 is 7.86. The van der Waals surface area contributed by atoms with E-state index in [1.54, 1.807) is 6.07 Å². The zero-order valence-corrected chi connectivity index (χ0v) is 15.2. The molecule has 1 N–H and O–H groups in total. The zero-order chi connectivity index (χ0) is 19.5. The first kappa shape index (κ1) is 17.1. The number of aromatic carboxylic acids is 1. The van der Waals surface area contributed by atoms with Crippen LogP contribution in [0.15, 0.2) is 39.7 Å². The molecule has 27 heavy (non-hydrogen) atoms. The first-order valence-electron chi connectivity index (χ1n) is 8.66. The van der Waals surface area contributed by atoms with Crippen molar-refractivity contribution < 1.29 is 14.3 Å². The maximum Gasteiger partial charge on any atom is 0.341 e. The van der Waals surface area contributed by atoms with Crippen LogP contribution in [0.1, 0.15) is 48.3 Å². The first-order valence-corrected chi connectivity index (χ1v) is 8.66. The number of rotatable bonds is 1. The highest BCUT2D eigenvalue weighted by molar-refractivity contribution is 5.92. The predicted molar refractivity (Wildman–Crippen MR) is 99.8 cm³/mol. The number of hydrogen-bond donors (Lipinski definition) is 1. The highest BCUT2D eigenvalue weighted by atomic mass is 16.4. The summed E-state index contributed by atoms with van der Waals surface area (Å²) in [4.78, 5) is 23.8. The van der Waals surface area contributed by atoms with Crippen LogP contribution in [0.2, 0.25) is 0 Å². The van der Waals surface area contributed by atoms with E-state index >= 15 is 0 Å². The Morgan fingerprint density at radius 1 is 1.37 bits per heavy atom. The van der Waals surface area contributed by atoms with Crippen LogP contribution in [-0.4, -0.2) is 15.6 Å². The summed E-state index contributed by atoms with van der Waals surface area (Å²) in [5.74, 6) is -0.715. The Morgan fingerprint density at radius 2 is 2.11 bits per heavy atom. The molecule has 6 heteroatoms. The van der Waals surface area contributed by atoms with E-state index in [1.165, 1.54) is 12.3 Å². The number of fused-ring (bicyclic) bond motifs is 5. The van der Waals surface area contributed by atoms with Crippen LogP contribution in [0.25, 0.3) is 22.4 Å². The summed E-state index contributed by atoms with van der Waals surface area (Å²) in [6.45, 7) is 6.23. The van der Waals surface area contributed by atoms with E-state index in [-0.39, 0.29) is 17.0 Å². The molecule has 6 nitrogen and oxygen atoms in total. The lowest BCUT2D eigenvalue weighted by atomic mass is 9.79. The van der Waals surface area contributed by atoms with Gasteiger partial charge in [-0.2, -0.15) is 5.26 Å². The molecular formula is C21H18N2O4. The molecule has 1 aliphatic heterocycles. The summed E-state index contributed by atoms with van der Waals surface area (Å²) >= 11 is 0. The van der Waals surface area contributed by atoms with Crippen molar-refractivity contribution in [2.24, 2.45) is 5.41 Å². The van der Waals surface area contributed by atoms with E-state index < -0.39 is 11.4 Å². The molecule has 0 radical (unpaired) electrons. The minimum atomic E-state index is -1.25. The van der Waals surface area contributed by atoms with Gasteiger partial charge in [0.05, 0.1) is 11.3 Å². The first-order chi connectivity index (χ1) is 12.7. The maximum atomic E-state index is 12.3. The largest absolute Gasteiger partial charge is 0.477 e. The van der Waals surface area contributed by atoms with Crippen LogP contribution in [-0.2, 0) is 6.42 Å². The Bertz CT molecular complexity index is 1200. The van der Waals surface area contributed by atoms with E-state index in [4.69, 9.17) is 4.42 Å². The molecular weight excluding hydrogens is 344 g/mol. The minimum absolute atomic E-state index is 0.0646. The van der Waals surface area contributed by atoms with Crippen molar-refractivity contribution in [1.29, 1.82) is 5.26 Å². The summed E-state index contributed by atoms with van der Waals surface area (Å²) in [6, 6.07) is 8.83. The van der Waals surface area contributed by atoms with Crippen molar-refractivity contribution in [3.63, 3.8) is 0 Å². The molecule has 0 saturated heterocycles. The fourth-order valence-corrected chi connectivity index (χ4v) is 3.83. The van der Waals surface area contributed by atoms with Crippen molar-refractivity contribution in [1.82, 2.24) is 4.57 Å². The predicted octanol–water partition coefficient (Wildman–Crippen LogP) is 3.97. The average molecular weight is 362 g/mol. The summed E-state index contributed by atoms with van der Waals surface area (Å²) in [7, 11) is 0. The molecule has 136 valence electrons. The molecule has 2 aromatic heterocycles. The second-order valence-corrected chi connectivity index (χ2v) is 7.94. The Labute approximate surface area is 155 Å². The number of carbonyl (C=O) groups is 1. The van der Waals surface area contributed by atoms with Gasteiger partial charge in [0, 0.05) is 29.3 Å². The van der Waals surface area contributed by atoms with Crippen LogP contribution >= 0.6 is 0 Å². The maximum absolute atomic E-state index is 12.3. The van der Waals surface area contributed by atoms with E-state index in [2.05, 4.69) is 26.8 Å². The Morgan fingerprint density at radius 3 is 2.74 bits per heavy atom. The standard InChI is InChI=1S/C21H18N2O4/c1-21(2,3)17-7-13-12-6-4-5-11(9-22)18(12)27-19(13)15-8-16(24)14(20(25)26)10-23(15)17/h4-6,8,10,17H,7H2,1-3H3,(H,25,26). The van der Waals surface area contributed by atoms with Crippen LogP contribution < -0.4 is 5.43 Å². The third kappa shape index (κ3) is 2.47. The molecule has 0 bridgehead atoms. The quantitative estimate of drug-likeness (QED) is 0.706. The van der Waals surface area contributed by atoms with Gasteiger partial charge in [0.15, 0.2) is 16.8 Å². The second-order valence-electron chi connectivity index (χ2n) is 7.94. The van der Waals surface area contributed by atoms with Crippen LogP contribution in [0.4, 0.5) is 0 Å². The van der Waals surface area contributed by atoms with Gasteiger partial charge in [0.1, 0.15) is 11.6 Å². The molecule has 0 spiro atoms. The van der Waals surface area contributed by atoms with Gasteiger partial charge in [-0.15, -0.1) is 0 Å². The van der Waals surface area contributed by atoms with Gasteiger partial charge in [0.2, 0.25) is 0 Å². The van der Waals surface area contributed by atoms with Gasteiger partial charge in [-0.3, -0.25) is 4.79 Å². The number of carboxylic acid groups (broad SMARTS) is 1.